The van der Waals surface area contributed by atoms with Gasteiger partial charge in [-0.25, -0.2) is 0 Å². The van der Waals surface area contributed by atoms with E-state index < -0.39 is 0 Å². The van der Waals surface area contributed by atoms with Gasteiger partial charge in [0, 0.05) is 27.7 Å². The van der Waals surface area contributed by atoms with Crippen LogP contribution in [0.25, 0.3) is 33.3 Å². The van der Waals surface area contributed by atoms with Crippen molar-refractivity contribution in [2.75, 3.05) is 4.90 Å². The molecule has 0 amide bonds. The molecule has 4 heteroatoms. The van der Waals surface area contributed by atoms with Crippen LogP contribution in [0, 0.1) is 0 Å². The summed E-state index contributed by atoms with van der Waals surface area (Å²) in [5.74, 6) is 0.967. The minimum Gasteiger partial charge on any atom is -0.468 e. The van der Waals surface area contributed by atoms with Gasteiger partial charge >= 0.3 is 0 Å². The first-order valence-electron chi connectivity index (χ1n) is 10.9. The van der Waals surface area contributed by atoms with Crippen molar-refractivity contribution >= 4 is 62.3 Å². The number of rotatable bonds is 1. The van der Waals surface area contributed by atoms with Gasteiger partial charge in [-0.2, -0.15) is 0 Å². The molecule has 4 aromatic carbocycles. The molecular weight excluding hydrogens is 393 g/mol. The molecule has 0 saturated carbocycles. The average Bonchev–Trinajstić information content (AvgIpc) is 3.50. The molecule has 0 atom stereocenters. The van der Waals surface area contributed by atoms with Crippen molar-refractivity contribution in [3.05, 3.63) is 97.1 Å². The lowest BCUT2D eigenvalue weighted by Gasteiger charge is -2.33. The lowest BCUT2D eigenvalue weighted by atomic mass is 9.39. The molecule has 2 aromatic heterocycles. The van der Waals surface area contributed by atoms with Crippen molar-refractivity contribution in [3.8, 4) is 11.3 Å². The third-order valence-electron chi connectivity index (χ3n) is 6.88. The summed E-state index contributed by atoms with van der Waals surface area (Å²) in [6.07, 6.45) is 0. The van der Waals surface area contributed by atoms with E-state index in [0.717, 1.165) is 50.3 Å². The minimum absolute atomic E-state index is 0.0159. The van der Waals surface area contributed by atoms with E-state index in [1.54, 1.807) is 0 Å². The molecule has 2 aliphatic rings. The number of furan rings is 2. The van der Waals surface area contributed by atoms with E-state index in [1.807, 2.05) is 12.1 Å². The van der Waals surface area contributed by atoms with E-state index in [-0.39, 0.29) is 6.71 Å². The first-order chi connectivity index (χ1) is 15.9. The second-order valence-corrected chi connectivity index (χ2v) is 8.49. The van der Waals surface area contributed by atoms with Crippen LogP contribution in [0.4, 0.5) is 17.1 Å². The quantitative estimate of drug-likeness (QED) is 0.337. The number of benzene rings is 4. The Morgan fingerprint density at radius 1 is 0.594 bits per heavy atom. The van der Waals surface area contributed by atoms with Crippen LogP contribution in [-0.4, -0.2) is 6.71 Å². The number of nitrogens with zero attached hydrogens (tertiary/aromatic N) is 1. The van der Waals surface area contributed by atoms with Crippen molar-refractivity contribution < 1.29 is 8.83 Å². The predicted octanol–water partition coefficient (Wildman–Crippen LogP) is 5.46. The van der Waals surface area contributed by atoms with Gasteiger partial charge in [-0.3, -0.25) is 0 Å². The number of para-hydroxylation sites is 3. The normalized spacial score (nSPS) is 13.5. The summed E-state index contributed by atoms with van der Waals surface area (Å²) in [6.45, 7) is 0.0159. The lowest BCUT2D eigenvalue weighted by molar-refractivity contribution is 0.634. The SMILES string of the molecule is c1ccc(N2c3cccc4c3B(c3oc5ccccc5c32)c2c-4oc3ccccc23)cc1. The Morgan fingerprint density at radius 3 is 2.16 bits per heavy atom. The average molecular weight is 409 g/mol. The number of fused-ring (bicyclic) bond motifs is 9. The highest BCUT2D eigenvalue weighted by atomic mass is 16.3. The van der Waals surface area contributed by atoms with Crippen molar-refractivity contribution in [2.45, 2.75) is 0 Å². The number of hydrogen-bond acceptors (Lipinski definition) is 3. The first kappa shape index (κ1) is 16.5. The molecule has 4 heterocycles. The van der Waals surface area contributed by atoms with E-state index in [1.165, 1.54) is 16.6 Å². The molecule has 3 nitrogen and oxygen atoms in total. The standard InChI is InChI=1S/C28H16BNO2/c1-2-9-17(10-3-1)30-21-14-8-13-20-24(21)29(25-18-11-4-6-15-22(18)31-27(20)25)28-26(30)19-12-5-7-16-23(19)32-28/h1-16H. The van der Waals surface area contributed by atoms with Crippen LogP contribution in [0.5, 0.6) is 0 Å². The van der Waals surface area contributed by atoms with Crippen molar-refractivity contribution in [2.24, 2.45) is 0 Å². The summed E-state index contributed by atoms with van der Waals surface area (Å²) in [6, 6.07) is 33.8. The fourth-order valence-corrected chi connectivity index (χ4v) is 5.65. The van der Waals surface area contributed by atoms with E-state index in [0.29, 0.717) is 0 Å². The molecule has 6 aromatic rings. The van der Waals surface area contributed by atoms with Crippen LogP contribution in [0.3, 0.4) is 0 Å². The molecule has 0 bridgehead atoms. The Balaban J connectivity index is 1.55. The second-order valence-electron chi connectivity index (χ2n) is 8.49. The zero-order valence-corrected chi connectivity index (χ0v) is 17.1. The Labute approximate surface area is 184 Å². The second kappa shape index (κ2) is 5.74. The molecule has 0 N–H and O–H groups in total. The summed E-state index contributed by atoms with van der Waals surface area (Å²) < 4.78 is 13.0. The van der Waals surface area contributed by atoms with Gasteiger partial charge in [0.15, 0.2) is 0 Å². The minimum atomic E-state index is 0.0159. The zero-order chi connectivity index (χ0) is 20.8. The molecule has 0 aliphatic carbocycles. The Hall–Kier alpha value is -4.18. The highest BCUT2D eigenvalue weighted by molar-refractivity contribution is 7.02. The molecule has 32 heavy (non-hydrogen) atoms. The summed E-state index contributed by atoms with van der Waals surface area (Å²) in [5, 5.41) is 2.29. The Morgan fingerprint density at radius 2 is 1.31 bits per heavy atom. The maximum atomic E-state index is 6.63. The number of hydrogen-bond donors (Lipinski definition) is 0. The lowest BCUT2D eigenvalue weighted by Crippen LogP contribution is -2.54. The molecule has 8 rings (SSSR count). The highest BCUT2D eigenvalue weighted by Crippen LogP contribution is 2.45. The monoisotopic (exact) mass is 409 g/mol. The Kier molecular flexibility index (Phi) is 2.96. The maximum absolute atomic E-state index is 6.63. The largest absolute Gasteiger partial charge is 0.468 e. The van der Waals surface area contributed by atoms with Gasteiger partial charge in [0.05, 0.1) is 11.3 Å². The van der Waals surface area contributed by atoms with Crippen molar-refractivity contribution in [1.29, 1.82) is 0 Å². The van der Waals surface area contributed by atoms with E-state index in [9.17, 15) is 0 Å². The molecule has 0 radical (unpaired) electrons. The van der Waals surface area contributed by atoms with Gasteiger partial charge in [-0.05, 0) is 47.3 Å². The highest BCUT2D eigenvalue weighted by Gasteiger charge is 2.48. The molecule has 0 saturated heterocycles. The van der Waals surface area contributed by atoms with E-state index >= 15 is 0 Å². The van der Waals surface area contributed by atoms with Crippen LogP contribution < -0.4 is 21.5 Å². The van der Waals surface area contributed by atoms with Crippen LogP contribution >= 0.6 is 0 Å². The molecule has 0 spiro atoms. The first-order valence-corrected chi connectivity index (χ1v) is 10.9. The van der Waals surface area contributed by atoms with Gasteiger partial charge in [-0.1, -0.05) is 60.7 Å². The maximum Gasteiger partial charge on any atom is 0.298 e. The number of anilines is 3. The van der Waals surface area contributed by atoms with Gasteiger partial charge in [0.2, 0.25) is 0 Å². The Bertz CT molecular complexity index is 1700. The molecule has 0 fully saturated rings. The fourth-order valence-electron chi connectivity index (χ4n) is 5.65. The van der Waals surface area contributed by atoms with Crippen molar-refractivity contribution in [1.82, 2.24) is 0 Å². The van der Waals surface area contributed by atoms with Gasteiger partial charge in [0.1, 0.15) is 16.9 Å². The summed E-state index contributed by atoms with van der Waals surface area (Å²) >= 11 is 0. The van der Waals surface area contributed by atoms with Crippen LogP contribution in [0.15, 0.2) is 106 Å². The molecule has 148 valence electrons. The van der Waals surface area contributed by atoms with Gasteiger partial charge < -0.3 is 13.7 Å². The zero-order valence-electron chi connectivity index (χ0n) is 17.1. The topological polar surface area (TPSA) is 29.5 Å². The fraction of sp³-hybridized carbons (Fsp3) is 0. The smallest absolute Gasteiger partial charge is 0.298 e. The van der Waals surface area contributed by atoms with E-state index in [4.69, 9.17) is 8.83 Å². The van der Waals surface area contributed by atoms with E-state index in [2.05, 4.69) is 89.8 Å². The summed E-state index contributed by atoms with van der Waals surface area (Å²) in [4.78, 5) is 2.35. The van der Waals surface area contributed by atoms with Gasteiger partial charge in [0.25, 0.3) is 6.71 Å². The molecule has 0 unspecified atom stereocenters. The predicted molar refractivity (Wildman–Crippen MR) is 131 cm³/mol. The molecule has 2 aliphatic heterocycles. The van der Waals surface area contributed by atoms with Crippen LogP contribution in [0.1, 0.15) is 0 Å². The van der Waals surface area contributed by atoms with Crippen LogP contribution in [-0.2, 0) is 0 Å². The van der Waals surface area contributed by atoms with Crippen molar-refractivity contribution in [3.63, 3.8) is 0 Å². The third kappa shape index (κ3) is 1.89. The summed E-state index contributed by atoms with van der Waals surface area (Å²) in [5.41, 5.74) is 9.91. The van der Waals surface area contributed by atoms with Gasteiger partial charge in [-0.15, -0.1) is 0 Å². The van der Waals surface area contributed by atoms with Crippen LogP contribution in [0.2, 0.25) is 0 Å². The third-order valence-corrected chi connectivity index (χ3v) is 6.88. The molecular formula is C28H16BNO2. The summed E-state index contributed by atoms with van der Waals surface area (Å²) in [7, 11) is 0.